The molecule has 134 valence electrons. The van der Waals surface area contributed by atoms with Crippen LogP contribution in [0, 0.1) is 11.3 Å². The number of nitrogens with one attached hydrogen (secondary N) is 2. The molecule has 1 amide bonds. The summed E-state index contributed by atoms with van der Waals surface area (Å²) in [5, 5.41) is 10.5. The van der Waals surface area contributed by atoms with Gasteiger partial charge in [0.05, 0.1) is 6.10 Å². The Morgan fingerprint density at radius 3 is 2.68 bits per heavy atom. The summed E-state index contributed by atoms with van der Waals surface area (Å²) in [7, 11) is 0. The smallest absolute Gasteiger partial charge is 0.250 e. The lowest BCUT2D eigenvalue weighted by Gasteiger charge is -2.11. The standard InChI is InChI=1S/C21H28N2O2/c1-15(2)11-17-6-8-18(9-7-17)19(13-22)12-16(3)21(24)23-14-20-5-4-10-25-20/h6-9,12-13,15,20,22H,3-5,10-11,14H2,1-2H3,(H,23,24)/b19-12+,22-13?. The van der Waals surface area contributed by atoms with Crippen LogP contribution in [0.1, 0.15) is 37.8 Å². The summed E-state index contributed by atoms with van der Waals surface area (Å²) in [6, 6.07) is 8.14. The van der Waals surface area contributed by atoms with Crippen molar-refractivity contribution in [2.24, 2.45) is 5.92 Å². The zero-order chi connectivity index (χ0) is 18.2. The van der Waals surface area contributed by atoms with Gasteiger partial charge in [0.15, 0.2) is 0 Å². The number of rotatable bonds is 8. The summed E-state index contributed by atoms with van der Waals surface area (Å²) in [5.41, 5.74) is 3.21. The fourth-order valence-corrected chi connectivity index (χ4v) is 2.89. The maximum Gasteiger partial charge on any atom is 0.250 e. The Morgan fingerprint density at radius 1 is 1.40 bits per heavy atom. The van der Waals surface area contributed by atoms with Crippen molar-refractivity contribution in [3.63, 3.8) is 0 Å². The highest BCUT2D eigenvalue weighted by Gasteiger charge is 2.16. The Hall–Kier alpha value is -2.20. The lowest BCUT2D eigenvalue weighted by molar-refractivity contribution is -0.117. The zero-order valence-corrected chi connectivity index (χ0v) is 15.2. The third kappa shape index (κ3) is 5.98. The van der Waals surface area contributed by atoms with Crippen molar-refractivity contribution < 1.29 is 9.53 Å². The summed E-state index contributed by atoms with van der Waals surface area (Å²) in [6.45, 7) is 9.50. The third-order valence-electron chi connectivity index (χ3n) is 4.22. The van der Waals surface area contributed by atoms with Gasteiger partial charge in [0.2, 0.25) is 0 Å². The number of carbonyl (C=O) groups excluding carboxylic acids is 1. The Morgan fingerprint density at radius 2 is 2.12 bits per heavy atom. The van der Waals surface area contributed by atoms with Crippen LogP contribution in [0.4, 0.5) is 0 Å². The molecule has 0 spiro atoms. The molecule has 0 aromatic heterocycles. The highest BCUT2D eigenvalue weighted by Crippen LogP contribution is 2.17. The molecular formula is C21H28N2O2. The Balaban J connectivity index is 1.98. The molecule has 1 heterocycles. The molecule has 4 nitrogen and oxygen atoms in total. The molecule has 4 heteroatoms. The number of carbonyl (C=O) groups is 1. The van der Waals surface area contributed by atoms with Gasteiger partial charge in [-0.05, 0) is 48.0 Å². The predicted molar refractivity (Wildman–Crippen MR) is 103 cm³/mol. The van der Waals surface area contributed by atoms with E-state index in [-0.39, 0.29) is 12.0 Å². The van der Waals surface area contributed by atoms with Gasteiger partial charge in [0, 0.05) is 24.9 Å². The van der Waals surface area contributed by atoms with Gasteiger partial charge in [-0.1, -0.05) is 44.7 Å². The molecule has 2 rings (SSSR count). The van der Waals surface area contributed by atoms with Crippen LogP contribution in [-0.4, -0.2) is 31.4 Å². The average Bonchev–Trinajstić information content (AvgIpc) is 3.11. The van der Waals surface area contributed by atoms with Crippen molar-refractivity contribution in [1.82, 2.24) is 5.32 Å². The SMILES string of the molecule is C=C(/C=C(\C=N)c1ccc(CC(C)C)cc1)C(=O)NCC1CCCO1. The second-order valence-corrected chi connectivity index (χ2v) is 6.91. The van der Waals surface area contributed by atoms with E-state index < -0.39 is 0 Å². The summed E-state index contributed by atoms with van der Waals surface area (Å²) < 4.78 is 5.50. The molecule has 1 unspecified atom stereocenters. The molecule has 1 aromatic carbocycles. The minimum Gasteiger partial charge on any atom is -0.376 e. The molecule has 1 atom stereocenters. The molecule has 2 N–H and O–H groups in total. The summed E-state index contributed by atoms with van der Waals surface area (Å²) in [4.78, 5) is 12.2. The molecule has 1 saturated heterocycles. The number of ether oxygens (including phenoxy) is 1. The van der Waals surface area contributed by atoms with E-state index in [0.29, 0.717) is 23.6 Å². The first-order valence-corrected chi connectivity index (χ1v) is 8.89. The van der Waals surface area contributed by atoms with Gasteiger partial charge in [-0.15, -0.1) is 0 Å². The van der Waals surface area contributed by atoms with Gasteiger partial charge in [0.25, 0.3) is 5.91 Å². The molecule has 0 saturated carbocycles. The summed E-state index contributed by atoms with van der Waals surface area (Å²) in [5.74, 6) is 0.391. The molecule has 1 aromatic rings. The van der Waals surface area contributed by atoms with Gasteiger partial charge in [-0.25, -0.2) is 0 Å². The quantitative estimate of drug-likeness (QED) is 0.430. The monoisotopic (exact) mass is 340 g/mol. The highest BCUT2D eigenvalue weighted by atomic mass is 16.5. The van der Waals surface area contributed by atoms with Crippen molar-refractivity contribution >= 4 is 17.7 Å². The lowest BCUT2D eigenvalue weighted by atomic mass is 9.98. The van der Waals surface area contributed by atoms with E-state index >= 15 is 0 Å². The van der Waals surface area contributed by atoms with Crippen molar-refractivity contribution in [1.29, 1.82) is 5.41 Å². The second kappa shape index (κ2) is 9.33. The Kier molecular flexibility index (Phi) is 7.14. The third-order valence-corrected chi connectivity index (χ3v) is 4.22. The fourth-order valence-electron chi connectivity index (χ4n) is 2.89. The van der Waals surface area contributed by atoms with Crippen LogP contribution in [0.2, 0.25) is 0 Å². The van der Waals surface area contributed by atoms with E-state index in [0.717, 1.165) is 31.4 Å². The Labute approximate surface area is 150 Å². The predicted octanol–water partition coefficient (Wildman–Crippen LogP) is 3.77. The van der Waals surface area contributed by atoms with Gasteiger partial charge in [0.1, 0.15) is 0 Å². The number of amides is 1. The number of allylic oxidation sites excluding steroid dienone is 1. The van der Waals surface area contributed by atoms with Crippen LogP contribution >= 0.6 is 0 Å². The topological polar surface area (TPSA) is 62.2 Å². The minimum atomic E-state index is -0.216. The van der Waals surface area contributed by atoms with Crippen LogP contribution in [0.3, 0.4) is 0 Å². The molecule has 0 radical (unpaired) electrons. The van der Waals surface area contributed by atoms with Crippen LogP contribution in [0.5, 0.6) is 0 Å². The summed E-state index contributed by atoms with van der Waals surface area (Å²) >= 11 is 0. The van der Waals surface area contributed by atoms with Crippen molar-refractivity contribution in [3.05, 3.63) is 53.6 Å². The molecule has 25 heavy (non-hydrogen) atoms. The average molecular weight is 340 g/mol. The largest absolute Gasteiger partial charge is 0.376 e. The maximum atomic E-state index is 12.2. The maximum absolute atomic E-state index is 12.2. The van der Waals surface area contributed by atoms with Crippen LogP contribution in [0.25, 0.3) is 5.57 Å². The van der Waals surface area contributed by atoms with E-state index in [1.165, 1.54) is 11.8 Å². The first-order chi connectivity index (χ1) is 12.0. The Bertz CT molecular complexity index is 638. The number of benzene rings is 1. The molecule has 0 bridgehead atoms. The van der Waals surface area contributed by atoms with E-state index in [9.17, 15) is 4.79 Å². The lowest BCUT2D eigenvalue weighted by Crippen LogP contribution is -2.32. The van der Waals surface area contributed by atoms with Crippen LogP contribution < -0.4 is 5.32 Å². The van der Waals surface area contributed by atoms with Gasteiger partial charge >= 0.3 is 0 Å². The molecule has 1 fully saturated rings. The normalized spacial score (nSPS) is 17.6. The molecule has 1 aliphatic heterocycles. The highest BCUT2D eigenvalue weighted by molar-refractivity contribution is 6.11. The van der Waals surface area contributed by atoms with Crippen LogP contribution in [-0.2, 0) is 16.0 Å². The first kappa shape index (κ1) is 19.1. The number of hydrogen-bond acceptors (Lipinski definition) is 3. The van der Waals surface area contributed by atoms with E-state index in [4.69, 9.17) is 10.1 Å². The van der Waals surface area contributed by atoms with Crippen molar-refractivity contribution in [3.8, 4) is 0 Å². The number of hydrogen-bond donors (Lipinski definition) is 2. The molecule has 0 aliphatic carbocycles. The second-order valence-electron chi connectivity index (χ2n) is 6.91. The van der Waals surface area contributed by atoms with Gasteiger partial charge < -0.3 is 15.5 Å². The van der Waals surface area contributed by atoms with E-state index in [2.05, 4.69) is 37.9 Å². The first-order valence-electron chi connectivity index (χ1n) is 8.89. The zero-order valence-electron chi connectivity index (χ0n) is 15.2. The minimum absolute atomic E-state index is 0.108. The van der Waals surface area contributed by atoms with Crippen molar-refractivity contribution in [2.75, 3.05) is 13.2 Å². The van der Waals surface area contributed by atoms with Crippen LogP contribution in [0.15, 0.2) is 42.5 Å². The van der Waals surface area contributed by atoms with Crippen molar-refractivity contribution in [2.45, 2.75) is 39.2 Å². The van der Waals surface area contributed by atoms with Gasteiger partial charge in [-0.2, -0.15) is 0 Å². The molecule has 1 aliphatic rings. The van der Waals surface area contributed by atoms with E-state index in [1.807, 2.05) is 12.1 Å². The molecular weight excluding hydrogens is 312 g/mol. The summed E-state index contributed by atoms with van der Waals surface area (Å²) in [6.07, 6.45) is 6.09. The fraction of sp³-hybridized carbons (Fsp3) is 0.429. The van der Waals surface area contributed by atoms with E-state index in [1.54, 1.807) is 6.08 Å². The van der Waals surface area contributed by atoms with Gasteiger partial charge in [-0.3, -0.25) is 4.79 Å².